The minimum Gasteiger partial charge on any atom is -0.465 e. The SMILES string of the molecule is C=C(C)C(=O)OCCCC(CCCOC(=O)C(C)CO)C1CCC(c2ccc(-c3ccc(-c4ccc(CCCCC)cc4CC)cc3)cc2CC)CC1. The van der Waals surface area contributed by atoms with E-state index in [1.54, 1.807) is 13.8 Å². The lowest BCUT2D eigenvalue weighted by Gasteiger charge is -2.35. The third kappa shape index (κ3) is 12.4. The minimum absolute atomic E-state index is 0.197. The van der Waals surface area contributed by atoms with E-state index in [2.05, 4.69) is 88.0 Å². The van der Waals surface area contributed by atoms with Gasteiger partial charge < -0.3 is 14.6 Å². The molecule has 1 saturated carbocycles. The summed E-state index contributed by atoms with van der Waals surface area (Å²) in [6, 6.07) is 23.4. The van der Waals surface area contributed by atoms with Crippen LogP contribution in [0.5, 0.6) is 0 Å². The molecule has 5 nitrogen and oxygen atoms in total. The van der Waals surface area contributed by atoms with E-state index in [4.69, 9.17) is 9.47 Å². The maximum absolute atomic E-state index is 12.1. The first-order valence-corrected chi connectivity index (χ1v) is 20.6. The first-order chi connectivity index (χ1) is 25.7. The summed E-state index contributed by atoms with van der Waals surface area (Å²) < 4.78 is 10.8. The van der Waals surface area contributed by atoms with Crippen LogP contribution in [0.25, 0.3) is 22.3 Å². The Labute approximate surface area is 320 Å². The number of ether oxygens (including phenoxy) is 2. The number of carbonyl (C=O) groups is 2. The number of benzene rings is 3. The lowest BCUT2D eigenvalue weighted by atomic mass is 9.70. The molecule has 2 atom stereocenters. The van der Waals surface area contributed by atoms with Crippen molar-refractivity contribution >= 4 is 11.9 Å². The molecule has 1 aliphatic rings. The van der Waals surface area contributed by atoms with Gasteiger partial charge in [-0.15, -0.1) is 0 Å². The fourth-order valence-electron chi connectivity index (χ4n) is 8.17. The lowest BCUT2D eigenvalue weighted by Crippen LogP contribution is -2.23. The van der Waals surface area contributed by atoms with Crippen LogP contribution < -0.4 is 0 Å². The summed E-state index contributed by atoms with van der Waals surface area (Å²) >= 11 is 0. The molecule has 0 radical (unpaired) electrons. The van der Waals surface area contributed by atoms with Crippen LogP contribution >= 0.6 is 0 Å². The predicted octanol–water partition coefficient (Wildman–Crippen LogP) is 11.6. The van der Waals surface area contributed by atoms with Gasteiger partial charge in [-0.25, -0.2) is 4.79 Å². The Kier molecular flexibility index (Phi) is 17.3. The number of carbonyl (C=O) groups excluding carboxylic acids is 2. The molecule has 0 spiro atoms. The van der Waals surface area contributed by atoms with Crippen LogP contribution in [-0.2, 0) is 38.3 Å². The Hall–Kier alpha value is -3.70. The number of hydrogen-bond donors (Lipinski definition) is 1. The summed E-state index contributed by atoms with van der Waals surface area (Å²) in [5, 5.41) is 9.26. The second kappa shape index (κ2) is 21.9. The van der Waals surface area contributed by atoms with Crippen LogP contribution in [0.2, 0.25) is 0 Å². The number of unbranched alkanes of at least 4 members (excludes halogenated alkanes) is 2. The summed E-state index contributed by atoms with van der Waals surface area (Å²) in [7, 11) is 0. The zero-order valence-electron chi connectivity index (χ0n) is 33.4. The fourth-order valence-corrected chi connectivity index (χ4v) is 8.17. The van der Waals surface area contributed by atoms with Gasteiger partial charge in [-0.05, 0) is 153 Å². The standard InChI is InChI=1S/C48H66O5/c1-7-10-11-14-36-17-27-45(37(8-2)31-36)42-24-20-41(21-25-42)44-26-28-46(38(9-3)32-44)43-22-18-40(19-23-43)39(15-12-29-52-47(50)34(4)5)16-13-30-53-48(51)35(6)33-49/h17,20-21,24-28,31-32,35,39-40,43,49H,4,7-16,18-19,22-23,29-30,33H2,1-3,5-6H3. The summed E-state index contributed by atoms with van der Waals surface area (Å²) in [5.41, 5.74) is 11.5. The summed E-state index contributed by atoms with van der Waals surface area (Å²) in [5.74, 6) is 0.494. The van der Waals surface area contributed by atoms with E-state index in [0.29, 0.717) is 36.5 Å². The predicted molar refractivity (Wildman–Crippen MR) is 219 cm³/mol. The normalized spacial score (nSPS) is 16.9. The quantitative estimate of drug-likeness (QED) is 0.0673. The van der Waals surface area contributed by atoms with Crippen LogP contribution in [0.3, 0.4) is 0 Å². The van der Waals surface area contributed by atoms with Crippen molar-refractivity contribution in [3.63, 3.8) is 0 Å². The van der Waals surface area contributed by atoms with E-state index in [-0.39, 0.29) is 18.5 Å². The molecule has 0 aliphatic heterocycles. The van der Waals surface area contributed by atoms with Crippen molar-refractivity contribution in [3.05, 3.63) is 95.1 Å². The van der Waals surface area contributed by atoms with E-state index in [9.17, 15) is 14.7 Å². The number of aliphatic hydroxyl groups excluding tert-OH is 1. The van der Waals surface area contributed by atoms with E-state index in [0.717, 1.165) is 38.5 Å². The van der Waals surface area contributed by atoms with Crippen LogP contribution in [-0.4, -0.2) is 36.9 Å². The van der Waals surface area contributed by atoms with Gasteiger partial charge in [0.05, 0.1) is 25.7 Å². The van der Waals surface area contributed by atoms with Crippen molar-refractivity contribution in [2.75, 3.05) is 19.8 Å². The third-order valence-electron chi connectivity index (χ3n) is 11.5. The van der Waals surface area contributed by atoms with Crippen molar-refractivity contribution in [1.29, 1.82) is 0 Å². The summed E-state index contributed by atoms with van der Waals surface area (Å²) in [6.45, 7) is 14.4. The Morgan fingerprint density at radius 3 is 2.04 bits per heavy atom. The molecule has 1 fully saturated rings. The van der Waals surface area contributed by atoms with Crippen LogP contribution in [0.15, 0.2) is 72.8 Å². The minimum atomic E-state index is -0.492. The Bertz CT molecular complexity index is 1600. The number of esters is 2. The average molecular weight is 723 g/mol. The largest absolute Gasteiger partial charge is 0.465 e. The first kappa shape index (κ1) is 42.0. The van der Waals surface area contributed by atoms with E-state index < -0.39 is 5.92 Å². The molecule has 0 aromatic heterocycles. The van der Waals surface area contributed by atoms with Gasteiger partial charge in [0.2, 0.25) is 0 Å². The molecular weight excluding hydrogens is 657 g/mol. The smallest absolute Gasteiger partial charge is 0.333 e. The molecular formula is C48H66O5. The molecule has 0 amide bonds. The number of aliphatic hydroxyl groups is 1. The Morgan fingerprint density at radius 2 is 1.42 bits per heavy atom. The first-order valence-electron chi connectivity index (χ1n) is 20.6. The fraction of sp³-hybridized carbons (Fsp3) is 0.542. The average Bonchev–Trinajstić information content (AvgIpc) is 3.19. The molecule has 288 valence electrons. The maximum Gasteiger partial charge on any atom is 0.333 e. The summed E-state index contributed by atoms with van der Waals surface area (Å²) in [4.78, 5) is 24.0. The monoisotopic (exact) mass is 722 g/mol. The number of hydrogen-bond acceptors (Lipinski definition) is 5. The van der Waals surface area contributed by atoms with E-state index in [1.807, 2.05) is 0 Å². The maximum atomic E-state index is 12.1. The second-order valence-electron chi connectivity index (χ2n) is 15.5. The Morgan fingerprint density at radius 1 is 0.774 bits per heavy atom. The van der Waals surface area contributed by atoms with E-state index >= 15 is 0 Å². The molecule has 5 heteroatoms. The molecule has 1 N–H and O–H groups in total. The molecule has 0 bridgehead atoms. The second-order valence-corrected chi connectivity index (χ2v) is 15.5. The van der Waals surface area contributed by atoms with Crippen molar-refractivity contribution in [3.8, 4) is 22.3 Å². The van der Waals surface area contributed by atoms with Gasteiger partial charge in [0, 0.05) is 5.57 Å². The zero-order chi connectivity index (χ0) is 38.2. The van der Waals surface area contributed by atoms with Crippen molar-refractivity contribution in [1.82, 2.24) is 0 Å². The number of rotatable bonds is 21. The molecule has 4 rings (SSSR count). The highest BCUT2D eigenvalue weighted by Gasteiger charge is 2.29. The highest BCUT2D eigenvalue weighted by molar-refractivity contribution is 5.86. The zero-order valence-corrected chi connectivity index (χ0v) is 33.4. The molecule has 2 unspecified atom stereocenters. The van der Waals surface area contributed by atoms with Crippen molar-refractivity contribution in [2.24, 2.45) is 17.8 Å². The summed E-state index contributed by atoms with van der Waals surface area (Å²) in [6.07, 6.45) is 15.3. The van der Waals surface area contributed by atoms with Gasteiger partial charge in [0.1, 0.15) is 0 Å². The van der Waals surface area contributed by atoms with Gasteiger partial charge in [0.15, 0.2) is 0 Å². The van der Waals surface area contributed by atoms with Gasteiger partial charge in [-0.3, -0.25) is 4.79 Å². The van der Waals surface area contributed by atoms with Gasteiger partial charge >= 0.3 is 11.9 Å². The van der Waals surface area contributed by atoms with Crippen LogP contribution in [0, 0.1) is 17.8 Å². The lowest BCUT2D eigenvalue weighted by molar-refractivity contribution is -0.149. The van der Waals surface area contributed by atoms with Crippen molar-refractivity contribution in [2.45, 2.75) is 130 Å². The van der Waals surface area contributed by atoms with Gasteiger partial charge in [-0.2, -0.15) is 0 Å². The molecule has 3 aromatic carbocycles. The van der Waals surface area contributed by atoms with E-state index in [1.165, 1.54) is 95.9 Å². The number of aryl methyl sites for hydroxylation is 3. The molecule has 1 aliphatic carbocycles. The topological polar surface area (TPSA) is 72.8 Å². The Balaban J connectivity index is 1.38. The highest BCUT2D eigenvalue weighted by Crippen LogP contribution is 2.43. The highest BCUT2D eigenvalue weighted by atomic mass is 16.5. The third-order valence-corrected chi connectivity index (χ3v) is 11.5. The molecule has 0 heterocycles. The molecule has 0 saturated heterocycles. The van der Waals surface area contributed by atoms with Gasteiger partial charge in [-0.1, -0.05) is 101 Å². The van der Waals surface area contributed by atoms with Gasteiger partial charge in [0.25, 0.3) is 0 Å². The van der Waals surface area contributed by atoms with Crippen LogP contribution in [0.4, 0.5) is 0 Å². The van der Waals surface area contributed by atoms with Crippen molar-refractivity contribution < 1.29 is 24.2 Å². The van der Waals surface area contributed by atoms with Crippen LogP contribution in [0.1, 0.15) is 133 Å². The molecule has 3 aromatic rings. The molecule has 53 heavy (non-hydrogen) atoms.